The van der Waals surface area contributed by atoms with Gasteiger partial charge >= 0.3 is 12.1 Å². The maximum atomic E-state index is 12.6. The highest BCUT2D eigenvalue weighted by Gasteiger charge is 2.35. The summed E-state index contributed by atoms with van der Waals surface area (Å²) in [6.07, 6.45) is 0.458. The summed E-state index contributed by atoms with van der Waals surface area (Å²) >= 11 is 0. The number of benzene rings is 2. The lowest BCUT2D eigenvalue weighted by molar-refractivity contribution is -0.146. The Kier molecular flexibility index (Phi) is 7.17. The van der Waals surface area contributed by atoms with Crippen molar-refractivity contribution in [2.45, 2.75) is 50.3 Å². The van der Waals surface area contributed by atoms with E-state index in [2.05, 4.69) is 34.9 Å². The highest BCUT2D eigenvalue weighted by Crippen LogP contribution is 2.44. The Bertz CT molecular complexity index is 1030. The molecular weight excluding hydrogens is 436 g/mol. The first-order valence-electron chi connectivity index (χ1n) is 11.6. The van der Waals surface area contributed by atoms with E-state index < -0.39 is 24.2 Å². The SMILES string of the molecule is COC(C)C(NC(=O)C1CCC(NC(=O)OCC2c3ccccc3-c3ccccc32)C1)C(=O)O. The van der Waals surface area contributed by atoms with Crippen LogP contribution in [0.5, 0.6) is 0 Å². The molecule has 2 amide bonds. The number of rotatable bonds is 8. The third kappa shape index (κ3) is 4.92. The number of carboxylic acid groups (broad SMARTS) is 1. The molecule has 0 saturated heterocycles. The molecule has 8 heteroatoms. The molecule has 0 spiro atoms. The number of aliphatic carboxylic acids is 1. The highest BCUT2D eigenvalue weighted by molar-refractivity contribution is 5.85. The van der Waals surface area contributed by atoms with Crippen molar-refractivity contribution in [3.05, 3.63) is 59.7 Å². The van der Waals surface area contributed by atoms with Crippen LogP contribution in [0.2, 0.25) is 0 Å². The highest BCUT2D eigenvalue weighted by atomic mass is 16.5. The van der Waals surface area contributed by atoms with Crippen LogP contribution in [0.25, 0.3) is 11.1 Å². The Morgan fingerprint density at radius 1 is 1.03 bits per heavy atom. The van der Waals surface area contributed by atoms with E-state index in [9.17, 15) is 19.5 Å². The maximum absolute atomic E-state index is 12.6. The largest absolute Gasteiger partial charge is 0.480 e. The van der Waals surface area contributed by atoms with Crippen LogP contribution in [0.3, 0.4) is 0 Å². The first-order chi connectivity index (χ1) is 16.4. The van der Waals surface area contributed by atoms with E-state index in [1.165, 1.54) is 18.2 Å². The molecule has 2 aromatic carbocycles. The van der Waals surface area contributed by atoms with Crippen molar-refractivity contribution in [2.75, 3.05) is 13.7 Å². The summed E-state index contributed by atoms with van der Waals surface area (Å²) in [6.45, 7) is 1.82. The van der Waals surface area contributed by atoms with Gasteiger partial charge in [-0.2, -0.15) is 0 Å². The molecule has 34 heavy (non-hydrogen) atoms. The molecule has 1 fully saturated rings. The third-order valence-electron chi connectivity index (χ3n) is 6.87. The predicted octanol–water partition coefficient (Wildman–Crippen LogP) is 3.30. The van der Waals surface area contributed by atoms with Crippen LogP contribution < -0.4 is 10.6 Å². The van der Waals surface area contributed by atoms with Crippen molar-refractivity contribution in [2.24, 2.45) is 5.92 Å². The van der Waals surface area contributed by atoms with E-state index in [4.69, 9.17) is 9.47 Å². The molecule has 0 aliphatic heterocycles. The summed E-state index contributed by atoms with van der Waals surface area (Å²) in [5.41, 5.74) is 4.62. The summed E-state index contributed by atoms with van der Waals surface area (Å²) in [7, 11) is 1.40. The molecule has 2 aliphatic carbocycles. The minimum Gasteiger partial charge on any atom is -0.480 e. The molecule has 4 rings (SSSR count). The second-order valence-electron chi connectivity index (χ2n) is 8.94. The molecule has 4 atom stereocenters. The number of ether oxygens (including phenoxy) is 2. The number of hydrogen-bond donors (Lipinski definition) is 3. The molecule has 2 aromatic rings. The Balaban J connectivity index is 1.29. The predicted molar refractivity (Wildman–Crippen MR) is 125 cm³/mol. The van der Waals surface area contributed by atoms with Crippen molar-refractivity contribution in [1.82, 2.24) is 10.6 Å². The molecule has 0 bridgehead atoms. The minimum absolute atomic E-state index is 0.0176. The van der Waals surface area contributed by atoms with Gasteiger partial charge in [0.05, 0.1) is 6.10 Å². The summed E-state index contributed by atoms with van der Waals surface area (Å²) in [5.74, 6) is -1.87. The first kappa shape index (κ1) is 23.8. The molecule has 1 saturated carbocycles. The monoisotopic (exact) mass is 466 g/mol. The molecule has 4 unspecified atom stereocenters. The molecule has 180 valence electrons. The number of hydrogen-bond acceptors (Lipinski definition) is 5. The molecule has 0 radical (unpaired) electrons. The van der Waals surface area contributed by atoms with Gasteiger partial charge in [0.1, 0.15) is 6.61 Å². The van der Waals surface area contributed by atoms with Crippen molar-refractivity contribution in [1.29, 1.82) is 0 Å². The number of carbonyl (C=O) groups excluding carboxylic acids is 2. The van der Waals surface area contributed by atoms with Gasteiger partial charge in [0.15, 0.2) is 6.04 Å². The van der Waals surface area contributed by atoms with Gasteiger partial charge in [-0.3, -0.25) is 4.79 Å². The summed E-state index contributed by atoms with van der Waals surface area (Å²) in [6, 6.07) is 15.0. The zero-order valence-corrected chi connectivity index (χ0v) is 19.3. The smallest absolute Gasteiger partial charge is 0.407 e. The molecule has 0 heterocycles. The maximum Gasteiger partial charge on any atom is 0.407 e. The van der Waals surface area contributed by atoms with Crippen LogP contribution in [-0.4, -0.2) is 55.0 Å². The molecule has 2 aliphatic rings. The van der Waals surface area contributed by atoms with Gasteiger partial charge in [-0.15, -0.1) is 0 Å². The number of alkyl carbamates (subject to hydrolysis) is 1. The van der Waals surface area contributed by atoms with Crippen molar-refractivity contribution in [3.63, 3.8) is 0 Å². The number of carboxylic acids is 1. The fourth-order valence-corrected chi connectivity index (χ4v) is 4.94. The van der Waals surface area contributed by atoms with E-state index in [0.29, 0.717) is 19.3 Å². The van der Waals surface area contributed by atoms with Crippen LogP contribution in [0, 0.1) is 5.92 Å². The summed E-state index contributed by atoms with van der Waals surface area (Å²) in [5, 5.41) is 14.8. The Labute approximate surface area is 198 Å². The van der Waals surface area contributed by atoms with Crippen LogP contribution in [0.4, 0.5) is 4.79 Å². The topological polar surface area (TPSA) is 114 Å². The van der Waals surface area contributed by atoms with Gasteiger partial charge in [0.2, 0.25) is 5.91 Å². The minimum atomic E-state index is -1.14. The first-order valence-corrected chi connectivity index (χ1v) is 11.6. The molecule has 8 nitrogen and oxygen atoms in total. The second kappa shape index (κ2) is 10.3. The van der Waals surface area contributed by atoms with Crippen molar-refractivity contribution in [3.8, 4) is 11.1 Å². The standard InChI is InChI=1S/C26H30N2O6/c1-15(33-2)23(25(30)31)28-24(29)16-11-12-17(13-16)27-26(32)34-14-22-20-9-5-3-7-18(20)19-8-4-6-10-21(19)22/h3-10,15-17,22-23H,11-14H2,1-2H3,(H,27,32)(H,28,29)(H,30,31). The van der Waals surface area contributed by atoms with E-state index in [-0.39, 0.29) is 30.4 Å². The zero-order valence-electron chi connectivity index (χ0n) is 19.3. The number of nitrogens with one attached hydrogen (secondary N) is 2. The van der Waals surface area contributed by atoms with Gasteiger partial charge in [-0.1, -0.05) is 48.5 Å². The van der Waals surface area contributed by atoms with E-state index >= 15 is 0 Å². The average Bonchev–Trinajstić information content (AvgIpc) is 3.43. The van der Waals surface area contributed by atoms with Crippen molar-refractivity contribution >= 4 is 18.0 Å². The van der Waals surface area contributed by atoms with Crippen LogP contribution in [0.15, 0.2) is 48.5 Å². The van der Waals surface area contributed by atoms with Gasteiger partial charge < -0.3 is 25.2 Å². The molecule has 3 N–H and O–H groups in total. The fraction of sp³-hybridized carbons (Fsp3) is 0.423. The lowest BCUT2D eigenvalue weighted by atomic mass is 9.98. The third-order valence-corrected chi connectivity index (χ3v) is 6.87. The van der Waals surface area contributed by atoms with Gasteiger partial charge in [-0.25, -0.2) is 9.59 Å². The summed E-state index contributed by atoms with van der Waals surface area (Å²) < 4.78 is 10.6. The zero-order chi connectivity index (χ0) is 24.2. The average molecular weight is 467 g/mol. The number of carbonyl (C=O) groups is 3. The Hall–Kier alpha value is -3.39. The fourth-order valence-electron chi connectivity index (χ4n) is 4.94. The van der Waals surface area contributed by atoms with Crippen LogP contribution >= 0.6 is 0 Å². The van der Waals surface area contributed by atoms with Crippen LogP contribution in [0.1, 0.15) is 43.2 Å². The summed E-state index contributed by atoms with van der Waals surface area (Å²) in [4.78, 5) is 36.5. The van der Waals surface area contributed by atoms with Crippen molar-refractivity contribution < 1.29 is 29.0 Å². The van der Waals surface area contributed by atoms with Crippen LogP contribution in [-0.2, 0) is 19.1 Å². The lowest BCUT2D eigenvalue weighted by Crippen LogP contribution is -2.50. The van der Waals surface area contributed by atoms with Gasteiger partial charge in [-0.05, 0) is 48.4 Å². The molecule has 0 aromatic heterocycles. The number of methoxy groups -OCH3 is 1. The molecular formula is C26H30N2O6. The Morgan fingerprint density at radius 2 is 1.65 bits per heavy atom. The van der Waals surface area contributed by atoms with E-state index in [1.807, 2.05) is 24.3 Å². The van der Waals surface area contributed by atoms with Gasteiger partial charge in [0, 0.05) is 25.0 Å². The quantitative estimate of drug-likeness (QED) is 0.550. The van der Waals surface area contributed by atoms with Gasteiger partial charge in [0.25, 0.3) is 0 Å². The lowest BCUT2D eigenvalue weighted by Gasteiger charge is -2.22. The van der Waals surface area contributed by atoms with E-state index in [1.54, 1.807) is 6.92 Å². The number of amides is 2. The van der Waals surface area contributed by atoms with E-state index in [0.717, 1.165) is 11.1 Å². The normalized spacial score (nSPS) is 20.6. The Morgan fingerprint density at radius 3 is 2.24 bits per heavy atom. The second-order valence-corrected chi connectivity index (χ2v) is 8.94. The number of fused-ring (bicyclic) bond motifs is 3.